The van der Waals surface area contributed by atoms with Gasteiger partial charge < -0.3 is 9.38 Å². The Morgan fingerprint density at radius 3 is 1.98 bits per heavy atom. The van der Waals surface area contributed by atoms with Gasteiger partial charge in [0, 0.05) is 43.6 Å². The molecule has 53 heavy (non-hydrogen) atoms. The minimum atomic E-state index is -2.72. The fraction of sp³-hybridized carbons (Fsp3) is 0.0833. The van der Waals surface area contributed by atoms with E-state index in [1.165, 1.54) is 108 Å². The number of rotatable bonds is 0. The highest BCUT2D eigenvalue weighted by Gasteiger charge is 2.56. The van der Waals surface area contributed by atoms with E-state index in [1.54, 1.807) is 0 Å². The van der Waals surface area contributed by atoms with Crippen LogP contribution in [0.5, 0.6) is 0 Å². The van der Waals surface area contributed by atoms with Gasteiger partial charge in [0.25, 0.3) is 0 Å². The van der Waals surface area contributed by atoms with Crippen molar-refractivity contribution in [3.8, 4) is 22.3 Å². The standard InChI is InChI=1S/C48H33BN2SSi/c1-48(2,3)28-26-34-31-17-12-18-33-44(31)51(45-32-16-4-8-21-38(32)52-47(33)45)49-35-19-13-25-42-46(35)50(37(27-28)43(34)49)36-20-7-11-24-41(36)53(42)39-22-9-5-14-29(39)30-15-6-10-23-40(30)53/h4-27H,1-3H3. The third-order valence-corrected chi connectivity index (χ3v) is 19.0. The van der Waals surface area contributed by atoms with Crippen LogP contribution in [-0.2, 0) is 5.41 Å². The molecule has 0 atom stereocenters. The first-order chi connectivity index (χ1) is 26.0. The quantitative estimate of drug-likeness (QED) is 0.144. The summed E-state index contributed by atoms with van der Waals surface area (Å²) in [6.45, 7) is 7.14. The Bertz CT molecular complexity index is 3100. The number of benzene rings is 7. The fourth-order valence-electron chi connectivity index (χ4n) is 10.9. The molecule has 7 aromatic carbocycles. The largest absolute Gasteiger partial charge is 0.374 e. The van der Waals surface area contributed by atoms with Crippen molar-refractivity contribution in [2.45, 2.75) is 26.2 Å². The second-order valence-corrected chi connectivity index (χ2v) is 21.1. The van der Waals surface area contributed by atoms with Crippen LogP contribution in [0.2, 0.25) is 0 Å². The molecule has 4 aliphatic heterocycles. The number of nitrogens with zero attached hydrogens (tertiary/aromatic N) is 2. The minimum Gasteiger partial charge on any atom is -0.374 e. The number of fused-ring (bicyclic) bond motifs is 18. The molecule has 6 heterocycles. The molecule has 5 heteroatoms. The average molecular weight is 709 g/mol. The fourth-order valence-corrected chi connectivity index (χ4v) is 17.6. The predicted octanol–water partition coefficient (Wildman–Crippen LogP) is 8.40. The molecule has 4 aliphatic rings. The van der Waals surface area contributed by atoms with Crippen LogP contribution in [0.1, 0.15) is 26.3 Å². The van der Waals surface area contributed by atoms with E-state index in [0.29, 0.717) is 0 Å². The highest BCUT2D eigenvalue weighted by Crippen LogP contribution is 2.50. The molecule has 9 aromatic rings. The molecule has 0 bridgehead atoms. The summed E-state index contributed by atoms with van der Waals surface area (Å²) in [6.07, 6.45) is 0. The SMILES string of the molecule is CC(C)(C)c1cc2c3c(c1)N1c4ccccc4[Si]4(c5ccccc5-c5ccccc54)c4cccc(c41)B3n1c3c-2cccc3c2sc3ccccc3c21. The number of hydrogen-bond donors (Lipinski definition) is 0. The summed E-state index contributed by atoms with van der Waals surface area (Å²) in [5.41, 5.74) is 16.5. The molecule has 2 nitrogen and oxygen atoms in total. The summed E-state index contributed by atoms with van der Waals surface area (Å²) >= 11 is 1.95. The lowest BCUT2D eigenvalue weighted by atomic mass is 9.45. The maximum Gasteiger partial charge on any atom is 0.333 e. The normalized spacial score (nSPS) is 15.2. The number of hydrogen-bond acceptors (Lipinski definition) is 2. The van der Waals surface area contributed by atoms with Crippen LogP contribution in [-0.4, -0.2) is 19.4 Å². The van der Waals surface area contributed by atoms with Crippen molar-refractivity contribution in [3.63, 3.8) is 0 Å². The number of thiophene rings is 1. The number of para-hydroxylation sites is 3. The van der Waals surface area contributed by atoms with Crippen LogP contribution < -0.4 is 36.6 Å². The Morgan fingerprint density at radius 2 is 1.19 bits per heavy atom. The molecule has 0 amide bonds. The van der Waals surface area contributed by atoms with Crippen LogP contribution in [0.15, 0.2) is 146 Å². The van der Waals surface area contributed by atoms with Gasteiger partial charge in [-0.05, 0) is 77.5 Å². The molecule has 248 valence electrons. The maximum atomic E-state index is 2.76. The van der Waals surface area contributed by atoms with Crippen LogP contribution >= 0.6 is 11.3 Å². The molecule has 13 rings (SSSR count). The van der Waals surface area contributed by atoms with E-state index in [9.17, 15) is 0 Å². The van der Waals surface area contributed by atoms with Gasteiger partial charge in [-0.2, -0.15) is 0 Å². The number of anilines is 3. The summed E-state index contributed by atoms with van der Waals surface area (Å²) in [5.74, 6) is 0. The summed E-state index contributed by atoms with van der Waals surface area (Å²) in [6, 6.07) is 56.6. The Labute approximate surface area is 313 Å². The zero-order valence-electron chi connectivity index (χ0n) is 29.7. The molecule has 1 spiro atoms. The summed E-state index contributed by atoms with van der Waals surface area (Å²) in [7, 11) is -2.72. The molecule has 0 radical (unpaired) electrons. The Kier molecular flexibility index (Phi) is 5.17. The lowest BCUT2D eigenvalue weighted by Gasteiger charge is -2.49. The molecule has 0 unspecified atom stereocenters. The zero-order valence-corrected chi connectivity index (χ0v) is 31.6. The van der Waals surface area contributed by atoms with E-state index in [1.807, 2.05) is 11.3 Å². The van der Waals surface area contributed by atoms with E-state index in [0.717, 1.165) is 0 Å². The van der Waals surface area contributed by atoms with Gasteiger partial charge in [-0.3, -0.25) is 0 Å². The van der Waals surface area contributed by atoms with Crippen molar-refractivity contribution in [2.24, 2.45) is 0 Å². The zero-order chi connectivity index (χ0) is 35.0. The van der Waals surface area contributed by atoms with E-state index in [2.05, 4.69) is 176 Å². The van der Waals surface area contributed by atoms with Gasteiger partial charge in [-0.1, -0.05) is 148 Å². The van der Waals surface area contributed by atoms with Gasteiger partial charge in [0.1, 0.15) is 0 Å². The van der Waals surface area contributed by atoms with Crippen LogP contribution in [0.3, 0.4) is 0 Å². The van der Waals surface area contributed by atoms with E-state index in [4.69, 9.17) is 0 Å². The summed E-state index contributed by atoms with van der Waals surface area (Å²) in [4.78, 5) is 2.70. The Hall–Kier alpha value is -5.62. The van der Waals surface area contributed by atoms with Gasteiger partial charge in [0.05, 0.1) is 10.2 Å². The lowest BCUT2D eigenvalue weighted by molar-refractivity contribution is 0.590. The van der Waals surface area contributed by atoms with Gasteiger partial charge in [0.15, 0.2) is 8.07 Å². The highest BCUT2D eigenvalue weighted by molar-refractivity contribution is 7.27. The Balaban J connectivity index is 1.26. The molecular weight excluding hydrogens is 676 g/mol. The van der Waals surface area contributed by atoms with Crippen LogP contribution in [0, 0.1) is 0 Å². The molecular formula is C48H33BN2SSi. The van der Waals surface area contributed by atoms with Crippen molar-refractivity contribution in [2.75, 3.05) is 4.90 Å². The monoisotopic (exact) mass is 708 g/mol. The van der Waals surface area contributed by atoms with Crippen LogP contribution in [0.25, 0.3) is 53.5 Å². The van der Waals surface area contributed by atoms with E-state index >= 15 is 0 Å². The smallest absolute Gasteiger partial charge is 0.333 e. The second kappa shape index (κ2) is 9.48. The topological polar surface area (TPSA) is 8.17 Å². The van der Waals surface area contributed by atoms with Crippen molar-refractivity contribution in [3.05, 3.63) is 151 Å². The van der Waals surface area contributed by atoms with Gasteiger partial charge in [-0.25, -0.2) is 0 Å². The molecule has 0 saturated carbocycles. The van der Waals surface area contributed by atoms with Gasteiger partial charge >= 0.3 is 6.85 Å². The van der Waals surface area contributed by atoms with Gasteiger partial charge in [0.2, 0.25) is 0 Å². The van der Waals surface area contributed by atoms with Crippen molar-refractivity contribution < 1.29 is 0 Å². The third-order valence-electron chi connectivity index (χ3n) is 12.9. The second-order valence-electron chi connectivity index (χ2n) is 16.4. The minimum absolute atomic E-state index is 0.0285. The molecule has 0 saturated heterocycles. The first kappa shape index (κ1) is 28.9. The molecule has 0 aliphatic carbocycles. The summed E-state index contributed by atoms with van der Waals surface area (Å²) < 4.78 is 5.52. The highest BCUT2D eigenvalue weighted by atomic mass is 32.1. The van der Waals surface area contributed by atoms with Crippen molar-refractivity contribution in [1.29, 1.82) is 0 Å². The van der Waals surface area contributed by atoms with Crippen LogP contribution in [0.4, 0.5) is 17.1 Å². The molecule has 2 aromatic heterocycles. The van der Waals surface area contributed by atoms with E-state index in [-0.39, 0.29) is 12.3 Å². The Morgan fingerprint density at radius 1 is 0.547 bits per heavy atom. The molecule has 0 N–H and O–H groups in total. The first-order valence-electron chi connectivity index (χ1n) is 18.8. The summed E-state index contributed by atoms with van der Waals surface area (Å²) in [5, 5.41) is 8.75. The maximum absolute atomic E-state index is 2.76. The predicted molar refractivity (Wildman–Crippen MR) is 230 cm³/mol. The lowest BCUT2D eigenvalue weighted by Crippen LogP contribution is -2.77. The third kappa shape index (κ3) is 3.22. The van der Waals surface area contributed by atoms with Gasteiger partial charge in [-0.15, -0.1) is 11.3 Å². The van der Waals surface area contributed by atoms with E-state index < -0.39 is 8.07 Å². The molecule has 0 fully saturated rings. The number of aromatic nitrogens is 1. The van der Waals surface area contributed by atoms with Crippen molar-refractivity contribution in [1.82, 2.24) is 4.48 Å². The van der Waals surface area contributed by atoms with Crippen molar-refractivity contribution >= 4 is 106 Å². The first-order valence-corrected chi connectivity index (χ1v) is 21.6. The average Bonchev–Trinajstić information content (AvgIpc) is 3.82.